The van der Waals surface area contributed by atoms with Crippen LogP contribution in [-0.2, 0) is 11.3 Å². The minimum atomic E-state index is -0.294. The summed E-state index contributed by atoms with van der Waals surface area (Å²) >= 11 is 0. The molecule has 94 valence electrons. The molecule has 0 fully saturated rings. The van der Waals surface area contributed by atoms with E-state index < -0.39 is 0 Å². The Morgan fingerprint density at radius 3 is 2.44 bits per heavy atom. The van der Waals surface area contributed by atoms with E-state index in [1.54, 1.807) is 0 Å². The van der Waals surface area contributed by atoms with Gasteiger partial charge in [0.2, 0.25) is 0 Å². The number of esters is 1. The molecule has 3 nitrogen and oxygen atoms in total. The lowest BCUT2D eigenvalue weighted by molar-refractivity contribution is 0.0601. The number of aromatic nitrogens is 1. The third kappa shape index (κ3) is 2.30. The van der Waals surface area contributed by atoms with Crippen molar-refractivity contribution in [3.05, 3.63) is 47.8 Å². The van der Waals surface area contributed by atoms with Crippen LogP contribution in [0, 0.1) is 6.92 Å². The number of carbonyl (C=O) groups is 1. The second-order valence-electron chi connectivity index (χ2n) is 4.27. The topological polar surface area (TPSA) is 31.2 Å². The highest BCUT2D eigenvalue weighted by atomic mass is 16.5. The van der Waals surface area contributed by atoms with Crippen molar-refractivity contribution in [2.45, 2.75) is 20.4 Å². The number of benzene rings is 1. The highest BCUT2D eigenvalue weighted by Crippen LogP contribution is 2.25. The van der Waals surface area contributed by atoms with Gasteiger partial charge in [-0.1, -0.05) is 29.8 Å². The largest absolute Gasteiger partial charge is 0.465 e. The number of ether oxygens (including phenoxy) is 1. The van der Waals surface area contributed by atoms with Crippen LogP contribution in [-0.4, -0.2) is 17.6 Å². The van der Waals surface area contributed by atoms with Gasteiger partial charge in [0, 0.05) is 24.5 Å². The van der Waals surface area contributed by atoms with Crippen LogP contribution in [0.3, 0.4) is 0 Å². The molecule has 0 amide bonds. The van der Waals surface area contributed by atoms with Gasteiger partial charge in [0.15, 0.2) is 0 Å². The lowest BCUT2D eigenvalue weighted by Gasteiger charge is -2.02. The molecule has 0 saturated heterocycles. The first kappa shape index (κ1) is 12.4. The molecule has 1 heterocycles. The highest BCUT2D eigenvalue weighted by molar-refractivity contribution is 5.97. The maximum Gasteiger partial charge on any atom is 0.340 e. The van der Waals surface area contributed by atoms with Crippen LogP contribution in [0.2, 0.25) is 0 Å². The first-order chi connectivity index (χ1) is 8.65. The summed E-state index contributed by atoms with van der Waals surface area (Å²) in [6.45, 7) is 4.91. The number of hydrogen-bond acceptors (Lipinski definition) is 2. The van der Waals surface area contributed by atoms with Crippen molar-refractivity contribution in [3.63, 3.8) is 0 Å². The maximum absolute atomic E-state index is 11.8. The van der Waals surface area contributed by atoms with E-state index in [2.05, 4.69) is 0 Å². The summed E-state index contributed by atoms with van der Waals surface area (Å²) in [5.41, 5.74) is 3.77. The summed E-state index contributed by atoms with van der Waals surface area (Å²) in [5, 5.41) is 0. The minimum absolute atomic E-state index is 0.294. The first-order valence-corrected chi connectivity index (χ1v) is 6.00. The molecular formula is C15H17NO2. The van der Waals surface area contributed by atoms with Crippen LogP contribution in [0.5, 0.6) is 0 Å². The van der Waals surface area contributed by atoms with Gasteiger partial charge in [-0.2, -0.15) is 0 Å². The SMILES string of the molecule is CCn1cc(C(=O)OC)c(-c2ccc(C)cc2)c1. The zero-order chi connectivity index (χ0) is 13.1. The van der Waals surface area contributed by atoms with Crippen molar-refractivity contribution in [3.8, 4) is 11.1 Å². The van der Waals surface area contributed by atoms with Crippen LogP contribution >= 0.6 is 0 Å². The van der Waals surface area contributed by atoms with Crippen LogP contribution in [0.4, 0.5) is 0 Å². The van der Waals surface area contributed by atoms with Gasteiger partial charge in [-0.25, -0.2) is 4.79 Å². The number of carbonyl (C=O) groups excluding carboxylic acids is 1. The summed E-state index contributed by atoms with van der Waals surface area (Å²) < 4.78 is 6.82. The Balaban J connectivity index is 2.51. The molecule has 1 aromatic carbocycles. The molecule has 0 bridgehead atoms. The lowest BCUT2D eigenvalue weighted by atomic mass is 10.0. The van der Waals surface area contributed by atoms with Crippen LogP contribution in [0.15, 0.2) is 36.7 Å². The Kier molecular flexibility index (Phi) is 3.51. The van der Waals surface area contributed by atoms with E-state index in [9.17, 15) is 4.79 Å². The van der Waals surface area contributed by atoms with Crippen LogP contribution < -0.4 is 0 Å². The first-order valence-electron chi connectivity index (χ1n) is 6.00. The van der Waals surface area contributed by atoms with Gasteiger partial charge >= 0.3 is 5.97 Å². The van der Waals surface area contributed by atoms with Gasteiger partial charge in [0.1, 0.15) is 0 Å². The van der Waals surface area contributed by atoms with E-state index in [4.69, 9.17) is 4.74 Å². The Bertz CT molecular complexity index is 552. The van der Waals surface area contributed by atoms with Gasteiger partial charge in [-0.05, 0) is 19.4 Å². The van der Waals surface area contributed by atoms with E-state index in [1.165, 1.54) is 12.7 Å². The van der Waals surface area contributed by atoms with Crippen molar-refractivity contribution in [1.82, 2.24) is 4.57 Å². The van der Waals surface area contributed by atoms with Crippen LogP contribution in [0.25, 0.3) is 11.1 Å². The van der Waals surface area contributed by atoms with Gasteiger partial charge in [-0.3, -0.25) is 0 Å². The zero-order valence-electron chi connectivity index (χ0n) is 10.9. The highest BCUT2D eigenvalue weighted by Gasteiger charge is 2.15. The van der Waals surface area contributed by atoms with Crippen molar-refractivity contribution >= 4 is 5.97 Å². The van der Waals surface area contributed by atoms with E-state index in [-0.39, 0.29) is 5.97 Å². The van der Waals surface area contributed by atoms with Crippen molar-refractivity contribution in [2.24, 2.45) is 0 Å². The molecule has 1 aromatic heterocycles. The molecule has 0 aliphatic heterocycles. The third-order valence-electron chi connectivity index (χ3n) is 3.01. The second kappa shape index (κ2) is 5.08. The Morgan fingerprint density at radius 2 is 1.89 bits per heavy atom. The molecular weight excluding hydrogens is 226 g/mol. The fourth-order valence-electron chi connectivity index (χ4n) is 1.93. The van der Waals surface area contributed by atoms with Gasteiger partial charge in [0.05, 0.1) is 12.7 Å². The molecule has 0 N–H and O–H groups in total. The van der Waals surface area contributed by atoms with Crippen LogP contribution in [0.1, 0.15) is 22.8 Å². The van der Waals surface area contributed by atoms with E-state index in [1.807, 2.05) is 55.1 Å². The number of methoxy groups -OCH3 is 1. The van der Waals surface area contributed by atoms with Crippen molar-refractivity contribution in [2.75, 3.05) is 7.11 Å². The van der Waals surface area contributed by atoms with Gasteiger partial charge < -0.3 is 9.30 Å². The van der Waals surface area contributed by atoms with Gasteiger partial charge in [-0.15, -0.1) is 0 Å². The molecule has 0 radical (unpaired) electrons. The molecule has 0 unspecified atom stereocenters. The monoisotopic (exact) mass is 243 g/mol. The average Bonchev–Trinajstić information content (AvgIpc) is 2.83. The van der Waals surface area contributed by atoms with Crippen molar-refractivity contribution in [1.29, 1.82) is 0 Å². The van der Waals surface area contributed by atoms with E-state index >= 15 is 0 Å². The third-order valence-corrected chi connectivity index (χ3v) is 3.01. The fourth-order valence-corrected chi connectivity index (χ4v) is 1.93. The molecule has 0 aliphatic rings. The maximum atomic E-state index is 11.8. The molecule has 18 heavy (non-hydrogen) atoms. The summed E-state index contributed by atoms with van der Waals surface area (Å²) in [6, 6.07) is 8.13. The quantitative estimate of drug-likeness (QED) is 0.775. The summed E-state index contributed by atoms with van der Waals surface area (Å²) in [7, 11) is 1.41. The number of rotatable bonds is 3. The number of hydrogen-bond donors (Lipinski definition) is 0. The lowest BCUT2D eigenvalue weighted by Crippen LogP contribution is -2.01. The zero-order valence-corrected chi connectivity index (χ0v) is 10.9. The normalized spacial score (nSPS) is 10.4. The summed E-state index contributed by atoms with van der Waals surface area (Å²) in [6.07, 6.45) is 3.82. The van der Waals surface area contributed by atoms with Gasteiger partial charge in [0.25, 0.3) is 0 Å². The smallest absolute Gasteiger partial charge is 0.340 e. The Hall–Kier alpha value is -2.03. The molecule has 0 aliphatic carbocycles. The summed E-state index contributed by atoms with van der Waals surface area (Å²) in [5.74, 6) is -0.294. The predicted molar refractivity (Wildman–Crippen MR) is 71.6 cm³/mol. The summed E-state index contributed by atoms with van der Waals surface area (Å²) in [4.78, 5) is 11.8. The minimum Gasteiger partial charge on any atom is -0.465 e. The molecule has 3 heteroatoms. The van der Waals surface area contributed by atoms with E-state index in [0.29, 0.717) is 5.56 Å². The standard InChI is InChI=1S/C15H17NO2/c1-4-16-9-13(14(10-16)15(17)18-3)12-7-5-11(2)6-8-12/h5-10H,4H2,1-3H3. The predicted octanol–water partition coefficient (Wildman–Crippen LogP) is 3.27. The number of nitrogens with zero attached hydrogens (tertiary/aromatic N) is 1. The van der Waals surface area contributed by atoms with E-state index in [0.717, 1.165) is 17.7 Å². The Labute approximate surface area is 107 Å². The molecule has 2 aromatic rings. The second-order valence-corrected chi connectivity index (χ2v) is 4.27. The Morgan fingerprint density at radius 1 is 1.22 bits per heavy atom. The molecule has 0 spiro atoms. The number of aryl methyl sites for hydroxylation is 2. The molecule has 0 atom stereocenters. The fraction of sp³-hybridized carbons (Fsp3) is 0.267. The molecule has 2 rings (SSSR count). The molecule has 0 saturated carbocycles. The average molecular weight is 243 g/mol. The van der Waals surface area contributed by atoms with Crippen molar-refractivity contribution < 1.29 is 9.53 Å².